The minimum Gasteiger partial charge on any atom is -0.497 e. The first-order valence-corrected chi connectivity index (χ1v) is 7.72. The molecule has 0 aliphatic rings. The second-order valence-corrected chi connectivity index (χ2v) is 5.10. The van der Waals surface area contributed by atoms with Gasteiger partial charge in [-0.15, -0.1) is 0 Å². The van der Waals surface area contributed by atoms with Gasteiger partial charge in [0.1, 0.15) is 24.7 Å². The van der Waals surface area contributed by atoms with Crippen LogP contribution in [0.15, 0.2) is 48.5 Å². The van der Waals surface area contributed by atoms with Gasteiger partial charge in [-0.05, 0) is 35.4 Å². The third-order valence-electron chi connectivity index (χ3n) is 3.32. The van der Waals surface area contributed by atoms with Gasteiger partial charge in [0.25, 0.3) is 0 Å². The molecule has 0 saturated carbocycles. The number of hydrogen-bond donors (Lipinski definition) is 0. The van der Waals surface area contributed by atoms with Gasteiger partial charge in [0, 0.05) is 11.8 Å². The van der Waals surface area contributed by atoms with E-state index in [1.165, 1.54) is 0 Å². The van der Waals surface area contributed by atoms with Crippen LogP contribution in [0.5, 0.6) is 11.5 Å². The first-order chi connectivity index (χ1) is 12.6. The van der Waals surface area contributed by atoms with Crippen LogP contribution < -0.4 is 9.47 Å². The molecule has 6 nitrogen and oxygen atoms in total. The van der Waals surface area contributed by atoms with Crippen LogP contribution in [-0.4, -0.2) is 26.2 Å². The second kappa shape index (κ2) is 9.74. The second-order valence-electron chi connectivity index (χ2n) is 5.10. The van der Waals surface area contributed by atoms with Crippen molar-refractivity contribution in [2.24, 2.45) is 0 Å². The van der Waals surface area contributed by atoms with Crippen molar-refractivity contribution in [3.63, 3.8) is 0 Å². The molecule has 0 radical (unpaired) electrons. The van der Waals surface area contributed by atoms with Crippen molar-refractivity contribution in [3.05, 3.63) is 59.7 Å². The van der Waals surface area contributed by atoms with Gasteiger partial charge in [-0.2, -0.15) is 0 Å². The summed E-state index contributed by atoms with van der Waals surface area (Å²) in [7, 11) is 3.14. The topological polar surface area (TPSA) is 71.1 Å². The minimum atomic E-state index is -0.804. The Bertz CT molecular complexity index is 729. The van der Waals surface area contributed by atoms with E-state index in [1.807, 2.05) is 0 Å². The van der Waals surface area contributed by atoms with Crippen molar-refractivity contribution >= 4 is 11.9 Å². The molecule has 0 atom stereocenters. The minimum absolute atomic E-state index is 0.0540. The Kier molecular flexibility index (Phi) is 7.07. The normalized spacial score (nSPS) is 9.46. The van der Waals surface area contributed by atoms with E-state index in [-0.39, 0.29) is 13.2 Å². The highest BCUT2D eigenvalue weighted by molar-refractivity contribution is 5.98. The molecule has 0 saturated heterocycles. The molecule has 2 rings (SSSR count). The lowest BCUT2D eigenvalue weighted by Gasteiger charge is -2.03. The van der Waals surface area contributed by atoms with E-state index in [2.05, 4.69) is 11.8 Å². The number of ether oxygens (including phenoxy) is 4. The van der Waals surface area contributed by atoms with Crippen LogP contribution in [0.2, 0.25) is 0 Å². The van der Waals surface area contributed by atoms with Crippen molar-refractivity contribution in [1.82, 2.24) is 0 Å². The number of hydrogen-bond acceptors (Lipinski definition) is 6. The van der Waals surface area contributed by atoms with E-state index >= 15 is 0 Å². The predicted octanol–water partition coefficient (Wildman–Crippen LogP) is 2.49. The first kappa shape index (κ1) is 18.9. The zero-order chi connectivity index (χ0) is 18.8. The monoisotopic (exact) mass is 354 g/mol. The van der Waals surface area contributed by atoms with Crippen LogP contribution in [-0.2, 0) is 32.3 Å². The van der Waals surface area contributed by atoms with Crippen molar-refractivity contribution in [2.45, 2.75) is 13.2 Å². The first-order valence-electron chi connectivity index (χ1n) is 7.72. The summed E-state index contributed by atoms with van der Waals surface area (Å²) in [5.74, 6) is 4.01. The summed E-state index contributed by atoms with van der Waals surface area (Å²) in [6.45, 7) is 0.108. The third-order valence-corrected chi connectivity index (χ3v) is 3.32. The molecule has 0 aliphatic carbocycles. The maximum atomic E-state index is 11.5. The Balaban J connectivity index is 1.75. The van der Waals surface area contributed by atoms with Crippen molar-refractivity contribution in [1.29, 1.82) is 0 Å². The van der Waals surface area contributed by atoms with Gasteiger partial charge >= 0.3 is 11.9 Å². The van der Waals surface area contributed by atoms with Gasteiger partial charge in [0.2, 0.25) is 0 Å². The fourth-order valence-corrected chi connectivity index (χ4v) is 1.92. The molecule has 0 bridgehead atoms. The molecule has 0 heterocycles. The molecule has 2 aromatic rings. The van der Waals surface area contributed by atoms with Gasteiger partial charge in [0.15, 0.2) is 0 Å². The third kappa shape index (κ3) is 6.21. The Hall–Kier alpha value is -3.46. The molecule has 0 amide bonds. The van der Waals surface area contributed by atoms with E-state index < -0.39 is 11.9 Å². The number of esters is 2. The molecule has 0 unspecified atom stereocenters. The largest absolute Gasteiger partial charge is 0.497 e. The number of carbonyl (C=O) groups excluding carboxylic acids is 2. The smallest absolute Gasteiger partial charge is 0.385 e. The summed E-state index contributed by atoms with van der Waals surface area (Å²) >= 11 is 0. The summed E-state index contributed by atoms with van der Waals surface area (Å²) in [4.78, 5) is 23.1. The molecule has 0 aromatic heterocycles. The van der Waals surface area contributed by atoms with Crippen molar-refractivity contribution in [2.75, 3.05) is 14.2 Å². The summed E-state index contributed by atoms with van der Waals surface area (Å²) in [6.07, 6.45) is 0. The Labute approximate surface area is 151 Å². The fourth-order valence-electron chi connectivity index (χ4n) is 1.92. The highest BCUT2D eigenvalue weighted by atomic mass is 16.5. The van der Waals surface area contributed by atoms with Crippen LogP contribution in [0.25, 0.3) is 0 Å². The van der Waals surface area contributed by atoms with Crippen LogP contribution >= 0.6 is 0 Å². The molecular formula is C20H18O6. The Morgan fingerprint density at radius 1 is 0.692 bits per heavy atom. The lowest BCUT2D eigenvalue weighted by Crippen LogP contribution is -2.05. The summed E-state index contributed by atoms with van der Waals surface area (Å²) < 4.78 is 20.0. The highest BCUT2D eigenvalue weighted by Crippen LogP contribution is 2.12. The van der Waals surface area contributed by atoms with Gasteiger partial charge in [0.05, 0.1) is 14.2 Å². The van der Waals surface area contributed by atoms with E-state index in [4.69, 9.17) is 18.9 Å². The average Bonchev–Trinajstić information content (AvgIpc) is 2.69. The van der Waals surface area contributed by atoms with Gasteiger partial charge < -0.3 is 18.9 Å². The zero-order valence-electron chi connectivity index (χ0n) is 14.5. The van der Waals surface area contributed by atoms with E-state index in [1.54, 1.807) is 62.8 Å². The molecule has 0 fully saturated rings. The summed E-state index contributed by atoms with van der Waals surface area (Å²) in [5, 5.41) is 0. The van der Waals surface area contributed by atoms with Gasteiger partial charge in [-0.3, -0.25) is 0 Å². The van der Waals surface area contributed by atoms with Gasteiger partial charge in [-0.1, -0.05) is 24.3 Å². The van der Waals surface area contributed by atoms with Crippen LogP contribution in [0.3, 0.4) is 0 Å². The number of carbonyl (C=O) groups is 2. The number of benzene rings is 2. The Morgan fingerprint density at radius 3 is 1.35 bits per heavy atom. The van der Waals surface area contributed by atoms with Crippen LogP contribution in [0, 0.1) is 11.8 Å². The maximum Gasteiger partial charge on any atom is 0.385 e. The van der Waals surface area contributed by atoms with Crippen molar-refractivity contribution < 1.29 is 28.5 Å². The van der Waals surface area contributed by atoms with Crippen molar-refractivity contribution in [3.8, 4) is 23.3 Å². The molecule has 0 N–H and O–H groups in total. The molecule has 134 valence electrons. The fraction of sp³-hybridized carbons (Fsp3) is 0.200. The maximum absolute atomic E-state index is 11.5. The quantitative estimate of drug-likeness (QED) is 0.451. The van der Waals surface area contributed by atoms with Crippen LogP contribution in [0.1, 0.15) is 11.1 Å². The Morgan fingerprint density at radius 2 is 1.04 bits per heavy atom. The molecule has 0 aliphatic heterocycles. The average molecular weight is 354 g/mol. The number of rotatable bonds is 6. The summed E-state index contributed by atoms with van der Waals surface area (Å²) in [5.41, 5.74) is 1.56. The molecule has 26 heavy (non-hydrogen) atoms. The lowest BCUT2D eigenvalue weighted by molar-refractivity contribution is -0.140. The lowest BCUT2D eigenvalue weighted by atomic mass is 10.2. The predicted molar refractivity (Wildman–Crippen MR) is 93.4 cm³/mol. The molecule has 0 spiro atoms. The number of methoxy groups -OCH3 is 2. The van der Waals surface area contributed by atoms with E-state index in [0.29, 0.717) is 11.5 Å². The molecular weight excluding hydrogens is 336 g/mol. The van der Waals surface area contributed by atoms with E-state index in [9.17, 15) is 9.59 Å². The molecule has 6 heteroatoms. The van der Waals surface area contributed by atoms with Crippen LogP contribution in [0.4, 0.5) is 0 Å². The standard InChI is InChI=1S/C20H18O6/c1-23-17-7-3-15(4-8-17)13-25-19(21)11-12-20(22)26-14-16-5-9-18(24-2)10-6-16/h3-10H,13-14H2,1-2H3. The highest BCUT2D eigenvalue weighted by Gasteiger charge is 2.03. The zero-order valence-corrected chi connectivity index (χ0v) is 14.5. The van der Waals surface area contributed by atoms with E-state index in [0.717, 1.165) is 11.1 Å². The summed E-state index contributed by atoms with van der Waals surface area (Å²) in [6, 6.07) is 14.1. The molecule has 2 aromatic carbocycles. The SMILES string of the molecule is COc1ccc(COC(=O)C#CC(=O)OCc2ccc(OC)cc2)cc1. The van der Waals surface area contributed by atoms with Gasteiger partial charge in [-0.25, -0.2) is 9.59 Å².